The van der Waals surface area contributed by atoms with Crippen LogP contribution in [0.1, 0.15) is 28.4 Å². The standard InChI is InChI=1S/C22H25F2N5O2/c1-3-14-13-29-7-6-15(20(29)26-21(14)30)12-27-8-10-28(11-9-27)17-5-4-16(22(31)25-2)18(23)19(17)24/h4-7,13H,3,8-12H2,1-2H3,(H,25,31)(H,26,30). The molecule has 1 fully saturated rings. The van der Waals surface area contributed by atoms with Crippen LogP contribution in [0.25, 0.3) is 5.65 Å². The van der Waals surface area contributed by atoms with Crippen LogP contribution in [0.3, 0.4) is 0 Å². The number of hydrogen-bond donors (Lipinski definition) is 2. The molecule has 164 valence electrons. The zero-order chi connectivity index (χ0) is 22.1. The third-order valence-electron chi connectivity index (χ3n) is 5.84. The topological polar surface area (TPSA) is 72.8 Å². The van der Waals surface area contributed by atoms with Crippen LogP contribution in [-0.4, -0.2) is 53.4 Å². The summed E-state index contributed by atoms with van der Waals surface area (Å²) < 4.78 is 30.8. The number of nitrogens with zero attached hydrogens (tertiary/aromatic N) is 3. The minimum absolute atomic E-state index is 0.0718. The van der Waals surface area contributed by atoms with Gasteiger partial charge in [0.05, 0.1) is 11.3 Å². The minimum atomic E-state index is -1.13. The lowest BCUT2D eigenvalue weighted by Gasteiger charge is -2.36. The van der Waals surface area contributed by atoms with Crippen LogP contribution < -0.4 is 15.8 Å². The highest BCUT2D eigenvalue weighted by atomic mass is 19.2. The Morgan fingerprint density at radius 3 is 2.52 bits per heavy atom. The lowest BCUT2D eigenvalue weighted by atomic mass is 10.1. The lowest BCUT2D eigenvalue weighted by molar-refractivity contribution is 0.0958. The smallest absolute Gasteiger partial charge is 0.254 e. The van der Waals surface area contributed by atoms with E-state index >= 15 is 0 Å². The summed E-state index contributed by atoms with van der Waals surface area (Å²) in [6.07, 6.45) is 4.46. The second-order valence-electron chi connectivity index (χ2n) is 7.66. The Balaban J connectivity index is 1.46. The number of nitrogens with one attached hydrogen (secondary N) is 2. The first kappa shape index (κ1) is 21.0. The Labute approximate surface area is 178 Å². The normalized spacial score (nSPS) is 14.9. The Kier molecular flexibility index (Phi) is 5.77. The Morgan fingerprint density at radius 1 is 1.10 bits per heavy atom. The summed E-state index contributed by atoms with van der Waals surface area (Å²) in [6, 6.07) is 4.76. The molecule has 3 aromatic rings. The van der Waals surface area contributed by atoms with Crippen molar-refractivity contribution in [2.75, 3.05) is 38.1 Å². The van der Waals surface area contributed by atoms with Crippen molar-refractivity contribution in [1.82, 2.24) is 19.6 Å². The van der Waals surface area contributed by atoms with E-state index in [2.05, 4.69) is 15.2 Å². The fourth-order valence-corrected chi connectivity index (χ4v) is 4.02. The average Bonchev–Trinajstić information content (AvgIpc) is 3.16. The van der Waals surface area contributed by atoms with Crippen LogP contribution in [0.15, 0.2) is 35.4 Å². The maximum atomic E-state index is 14.6. The summed E-state index contributed by atoms with van der Waals surface area (Å²) in [5, 5.41) is 2.31. The van der Waals surface area contributed by atoms with Gasteiger partial charge in [-0.15, -0.1) is 0 Å². The van der Waals surface area contributed by atoms with Gasteiger partial charge in [-0.1, -0.05) is 6.92 Å². The summed E-state index contributed by atoms with van der Waals surface area (Å²) in [6.45, 7) is 4.97. The molecule has 0 atom stereocenters. The highest BCUT2D eigenvalue weighted by Gasteiger charge is 2.24. The minimum Gasteiger partial charge on any atom is -0.367 e. The number of aromatic nitrogens is 2. The van der Waals surface area contributed by atoms with E-state index in [-0.39, 0.29) is 16.8 Å². The number of amides is 1. The number of anilines is 1. The molecule has 0 saturated carbocycles. The highest BCUT2D eigenvalue weighted by molar-refractivity contribution is 5.94. The first-order valence-electron chi connectivity index (χ1n) is 10.3. The molecule has 2 aromatic heterocycles. The molecule has 1 aliphatic rings. The summed E-state index contributed by atoms with van der Waals surface area (Å²) in [7, 11) is 1.37. The second kappa shape index (κ2) is 8.50. The summed E-state index contributed by atoms with van der Waals surface area (Å²) in [5.41, 5.74) is 2.32. The largest absolute Gasteiger partial charge is 0.367 e. The molecule has 0 radical (unpaired) electrons. The molecule has 0 aliphatic carbocycles. The maximum absolute atomic E-state index is 14.6. The zero-order valence-corrected chi connectivity index (χ0v) is 17.5. The first-order valence-corrected chi connectivity index (χ1v) is 10.3. The van der Waals surface area contributed by atoms with Crippen molar-refractivity contribution in [2.45, 2.75) is 19.9 Å². The van der Waals surface area contributed by atoms with E-state index < -0.39 is 17.5 Å². The van der Waals surface area contributed by atoms with Gasteiger partial charge in [0.2, 0.25) is 0 Å². The van der Waals surface area contributed by atoms with E-state index in [0.717, 1.165) is 16.8 Å². The predicted molar refractivity (Wildman–Crippen MR) is 115 cm³/mol. The molecular formula is C22H25F2N5O2. The predicted octanol–water partition coefficient (Wildman–Crippen LogP) is 2.15. The first-order chi connectivity index (χ1) is 14.9. The molecule has 9 heteroatoms. The molecule has 1 aliphatic heterocycles. The van der Waals surface area contributed by atoms with E-state index in [0.29, 0.717) is 39.1 Å². The number of carbonyl (C=O) groups excluding carboxylic acids is 1. The highest BCUT2D eigenvalue weighted by Crippen LogP contribution is 2.26. The van der Waals surface area contributed by atoms with E-state index in [9.17, 15) is 18.4 Å². The van der Waals surface area contributed by atoms with Crippen LogP contribution >= 0.6 is 0 Å². The molecule has 0 bridgehead atoms. The number of piperazine rings is 1. The van der Waals surface area contributed by atoms with Gasteiger partial charge in [0.15, 0.2) is 11.6 Å². The quantitative estimate of drug-likeness (QED) is 0.652. The van der Waals surface area contributed by atoms with E-state index in [1.165, 1.54) is 19.2 Å². The third kappa shape index (κ3) is 3.93. The van der Waals surface area contributed by atoms with Gasteiger partial charge in [0.25, 0.3) is 11.5 Å². The maximum Gasteiger partial charge on any atom is 0.254 e. The van der Waals surface area contributed by atoms with Gasteiger partial charge in [-0.2, -0.15) is 0 Å². The molecule has 3 heterocycles. The molecule has 1 amide bonds. The van der Waals surface area contributed by atoms with Crippen LogP contribution in [0.4, 0.5) is 14.5 Å². The SMILES string of the molecule is CCc1cn2ccc(CN3CCN(c4ccc(C(=O)NC)c(F)c4F)CC3)c2[nH]c1=O. The molecule has 1 aromatic carbocycles. The Bertz CT molecular complexity index is 1180. The van der Waals surface area contributed by atoms with Gasteiger partial charge in [-0.25, -0.2) is 8.78 Å². The van der Waals surface area contributed by atoms with Gasteiger partial charge in [0.1, 0.15) is 5.65 Å². The molecule has 0 unspecified atom stereocenters. The molecular weight excluding hydrogens is 404 g/mol. The number of aromatic amines is 1. The second-order valence-corrected chi connectivity index (χ2v) is 7.66. The molecule has 31 heavy (non-hydrogen) atoms. The van der Waals surface area contributed by atoms with E-state index in [1.807, 2.05) is 29.8 Å². The number of fused-ring (bicyclic) bond motifs is 1. The summed E-state index contributed by atoms with van der Waals surface area (Å²) in [4.78, 5) is 30.8. The van der Waals surface area contributed by atoms with Crippen molar-refractivity contribution in [3.8, 4) is 0 Å². The van der Waals surface area contributed by atoms with Crippen LogP contribution in [0, 0.1) is 11.6 Å². The summed E-state index contributed by atoms with van der Waals surface area (Å²) >= 11 is 0. The van der Waals surface area contributed by atoms with Crippen molar-refractivity contribution in [3.05, 3.63) is 69.3 Å². The molecule has 4 rings (SSSR count). The number of benzene rings is 1. The van der Waals surface area contributed by atoms with Crippen LogP contribution in [-0.2, 0) is 13.0 Å². The molecule has 2 N–H and O–H groups in total. The van der Waals surface area contributed by atoms with Gasteiger partial charge in [-0.3, -0.25) is 14.5 Å². The fraction of sp³-hybridized carbons (Fsp3) is 0.364. The molecule has 1 saturated heterocycles. The van der Waals surface area contributed by atoms with Crippen molar-refractivity contribution in [2.24, 2.45) is 0 Å². The Hall–Kier alpha value is -3.20. The van der Waals surface area contributed by atoms with Crippen LogP contribution in [0.5, 0.6) is 0 Å². The van der Waals surface area contributed by atoms with Crippen LogP contribution in [0.2, 0.25) is 0 Å². The Morgan fingerprint density at radius 2 is 1.84 bits per heavy atom. The average molecular weight is 429 g/mol. The van der Waals surface area contributed by atoms with Gasteiger partial charge >= 0.3 is 0 Å². The number of halogens is 2. The molecule has 0 spiro atoms. The van der Waals surface area contributed by atoms with Gasteiger partial charge in [-0.05, 0) is 24.6 Å². The van der Waals surface area contributed by atoms with Crippen molar-refractivity contribution >= 4 is 17.2 Å². The van der Waals surface area contributed by atoms with Gasteiger partial charge in [0, 0.05) is 63.3 Å². The summed E-state index contributed by atoms with van der Waals surface area (Å²) in [5.74, 6) is -2.79. The molecule has 7 nitrogen and oxygen atoms in total. The van der Waals surface area contributed by atoms with Crippen molar-refractivity contribution in [3.63, 3.8) is 0 Å². The number of aryl methyl sites for hydroxylation is 1. The number of carbonyl (C=O) groups is 1. The number of H-pyrrole nitrogens is 1. The number of rotatable bonds is 5. The van der Waals surface area contributed by atoms with Crippen molar-refractivity contribution in [1.29, 1.82) is 0 Å². The zero-order valence-electron chi connectivity index (χ0n) is 17.5. The number of hydrogen-bond acceptors (Lipinski definition) is 4. The monoisotopic (exact) mass is 429 g/mol. The van der Waals surface area contributed by atoms with E-state index in [1.54, 1.807) is 4.90 Å². The lowest BCUT2D eigenvalue weighted by Crippen LogP contribution is -2.46. The third-order valence-corrected chi connectivity index (χ3v) is 5.84. The fourth-order valence-electron chi connectivity index (χ4n) is 4.02. The van der Waals surface area contributed by atoms with Gasteiger partial charge < -0.3 is 19.6 Å². The van der Waals surface area contributed by atoms with Crippen molar-refractivity contribution < 1.29 is 13.6 Å². The van der Waals surface area contributed by atoms with E-state index in [4.69, 9.17) is 0 Å².